The average molecular weight is 499 g/mol. The van der Waals surface area contributed by atoms with Crippen LogP contribution in [0.2, 0.25) is 5.02 Å². The molecular weight excluding hydrogens is 480 g/mol. The fraction of sp³-hybridized carbons (Fsp3) is 0. The standard InChI is InChI=1S/C28H19ClN2O3S/c29-19-11-17-24(18-12-19)35-26-25(30-20-7-3-1-4-8-20)27(32)31(28(26)33)21-13-15-23(16-14-21)34-22-9-5-2-6-10-22/h1-18,30H. The lowest BCUT2D eigenvalue weighted by atomic mass is 10.2. The van der Waals surface area contributed by atoms with Crippen molar-refractivity contribution >= 4 is 46.6 Å². The van der Waals surface area contributed by atoms with Crippen molar-refractivity contribution in [3.05, 3.63) is 125 Å². The number of amides is 2. The Bertz CT molecular complexity index is 1390. The molecule has 0 radical (unpaired) electrons. The highest BCUT2D eigenvalue weighted by atomic mass is 35.5. The molecule has 1 N–H and O–H groups in total. The van der Waals surface area contributed by atoms with Gasteiger partial charge in [-0.15, -0.1) is 0 Å². The quantitative estimate of drug-likeness (QED) is 0.275. The van der Waals surface area contributed by atoms with Gasteiger partial charge in [0.2, 0.25) is 0 Å². The zero-order valence-corrected chi connectivity index (χ0v) is 19.9. The second-order valence-electron chi connectivity index (χ2n) is 7.61. The van der Waals surface area contributed by atoms with Gasteiger partial charge in [0, 0.05) is 15.6 Å². The molecule has 5 rings (SSSR count). The maximum absolute atomic E-state index is 13.5. The van der Waals surface area contributed by atoms with Crippen molar-refractivity contribution in [2.45, 2.75) is 4.90 Å². The maximum atomic E-state index is 13.5. The number of carbonyl (C=O) groups excluding carboxylic acids is 2. The van der Waals surface area contributed by atoms with Crippen LogP contribution >= 0.6 is 23.4 Å². The van der Waals surface area contributed by atoms with Crippen LogP contribution < -0.4 is 15.0 Å². The summed E-state index contributed by atoms with van der Waals surface area (Å²) in [6.45, 7) is 0. The molecule has 0 fully saturated rings. The van der Waals surface area contributed by atoms with Crippen molar-refractivity contribution in [1.29, 1.82) is 0 Å². The Morgan fingerprint density at radius 3 is 1.94 bits per heavy atom. The SMILES string of the molecule is O=C1C(Nc2ccccc2)=C(Sc2ccc(Cl)cc2)C(=O)N1c1ccc(Oc2ccccc2)cc1. The molecule has 0 saturated heterocycles. The van der Waals surface area contributed by atoms with E-state index in [-0.39, 0.29) is 5.70 Å². The van der Waals surface area contributed by atoms with E-state index in [9.17, 15) is 9.59 Å². The van der Waals surface area contributed by atoms with Gasteiger partial charge in [0.25, 0.3) is 11.8 Å². The predicted molar refractivity (Wildman–Crippen MR) is 140 cm³/mol. The maximum Gasteiger partial charge on any atom is 0.283 e. The highest BCUT2D eigenvalue weighted by Crippen LogP contribution is 2.38. The molecule has 0 saturated carbocycles. The molecular formula is C28H19ClN2O3S. The van der Waals surface area contributed by atoms with Crippen LogP contribution in [0.3, 0.4) is 0 Å². The number of carbonyl (C=O) groups is 2. The monoisotopic (exact) mass is 498 g/mol. The number of rotatable bonds is 7. The fourth-order valence-electron chi connectivity index (χ4n) is 3.52. The van der Waals surface area contributed by atoms with Gasteiger partial charge in [0.15, 0.2) is 0 Å². The van der Waals surface area contributed by atoms with Gasteiger partial charge < -0.3 is 10.1 Å². The number of halogens is 1. The van der Waals surface area contributed by atoms with E-state index in [4.69, 9.17) is 16.3 Å². The molecule has 7 heteroatoms. The highest BCUT2D eigenvalue weighted by molar-refractivity contribution is 8.04. The van der Waals surface area contributed by atoms with E-state index in [2.05, 4.69) is 5.32 Å². The number of benzene rings is 4. The number of hydrogen-bond acceptors (Lipinski definition) is 5. The zero-order chi connectivity index (χ0) is 24.2. The molecule has 1 aliphatic heterocycles. The topological polar surface area (TPSA) is 58.6 Å². The number of nitrogens with one attached hydrogen (secondary N) is 1. The lowest BCUT2D eigenvalue weighted by Gasteiger charge is -2.16. The molecule has 2 amide bonds. The Balaban J connectivity index is 1.44. The lowest BCUT2D eigenvalue weighted by molar-refractivity contribution is -0.120. The van der Waals surface area contributed by atoms with Crippen molar-refractivity contribution in [1.82, 2.24) is 0 Å². The molecule has 0 aliphatic carbocycles. The Morgan fingerprint density at radius 2 is 1.29 bits per heavy atom. The van der Waals surface area contributed by atoms with Crippen LogP contribution in [0.4, 0.5) is 11.4 Å². The number of thioether (sulfide) groups is 1. The van der Waals surface area contributed by atoms with Crippen LogP contribution in [0.1, 0.15) is 0 Å². The third-order valence-electron chi connectivity index (χ3n) is 5.19. The first-order valence-electron chi connectivity index (χ1n) is 10.8. The minimum atomic E-state index is -0.424. The number of imide groups is 1. The van der Waals surface area contributed by atoms with Crippen molar-refractivity contribution in [3.63, 3.8) is 0 Å². The lowest BCUT2D eigenvalue weighted by Crippen LogP contribution is -2.32. The summed E-state index contributed by atoms with van der Waals surface area (Å²) < 4.78 is 5.83. The minimum absolute atomic E-state index is 0.228. The molecule has 1 aliphatic rings. The second kappa shape index (κ2) is 10.1. The molecule has 0 atom stereocenters. The summed E-state index contributed by atoms with van der Waals surface area (Å²) >= 11 is 7.23. The third kappa shape index (κ3) is 5.09. The van der Waals surface area contributed by atoms with Crippen molar-refractivity contribution in [2.24, 2.45) is 0 Å². The zero-order valence-electron chi connectivity index (χ0n) is 18.4. The number of hydrogen-bond donors (Lipinski definition) is 1. The molecule has 0 bridgehead atoms. The van der Waals surface area contributed by atoms with Crippen LogP contribution in [-0.2, 0) is 9.59 Å². The van der Waals surface area contributed by atoms with E-state index < -0.39 is 11.8 Å². The van der Waals surface area contributed by atoms with Gasteiger partial charge in [-0.3, -0.25) is 9.59 Å². The van der Waals surface area contributed by atoms with Crippen LogP contribution in [-0.4, -0.2) is 11.8 Å². The van der Waals surface area contributed by atoms with E-state index in [1.807, 2.05) is 72.8 Å². The van der Waals surface area contributed by atoms with Crippen molar-refractivity contribution in [2.75, 3.05) is 10.2 Å². The Morgan fingerprint density at radius 1 is 0.686 bits per heavy atom. The van der Waals surface area contributed by atoms with E-state index in [1.54, 1.807) is 36.4 Å². The number of para-hydroxylation sites is 2. The first kappa shape index (κ1) is 22.8. The van der Waals surface area contributed by atoms with Gasteiger partial charge in [0.1, 0.15) is 22.1 Å². The summed E-state index contributed by atoms with van der Waals surface area (Å²) in [5.41, 5.74) is 1.40. The van der Waals surface area contributed by atoms with Gasteiger partial charge in [-0.05, 0) is 72.8 Å². The molecule has 172 valence electrons. The summed E-state index contributed by atoms with van der Waals surface area (Å²) in [4.78, 5) is 29.2. The van der Waals surface area contributed by atoms with Crippen molar-refractivity contribution < 1.29 is 14.3 Å². The fourth-order valence-corrected chi connectivity index (χ4v) is 4.58. The first-order valence-corrected chi connectivity index (χ1v) is 12.0. The van der Waals surface area contributed by atoms with Gasteiger partial charge in [-0.2, -0.15) is 0 Å². The number of ether oxygens (including phenoxy) is 1. The molecule has 35 heavy (non-hydrogen) atoms. The molecule has 4 aromatic carbocycles. The summed E-state index contributed by atoms with van der Waals surface area (Å²) in [6.07, 6.45) is 0. The van der Waals surface area contributed by atoms with Crippen LogP contribution in [0.15, 0.2) is 125 Å². The van der Waals surface area contributed by atoms with Crippen LogP contribution in [0.25, 0.3) is 0 Å². The second-order valence-corrected chi connectivity index (χ2v) is 9.13. The van der Waals surface area contributed by atoms with E-state index in [0.29, 0.717) is 32.8 Å². The summed E-state index contributed by atoms with van der Waals surface area (Å²) in [5.74, 6) is 0.480. The number of anilines is 2. The Kier molecular flexibility index (Phi) is 6.57. The van der Waals surface area contributed by atoms with E-state index >= 15 is 0 Å². The van der Waals surface area contributed by atoms with Gasteiger partial charge >= 0.3 is 0 Å². The average Bonchev–Trinajstić information content (AvgIpc) is 3.11. The van der Waals surface area contributed by atoms with Gasteiger partial charge in [-0.25, -0.2) is 4.90 Å². The highest BCUT2D eigenvalue weighted by Gasteiger charge is 2.40. The Hall–Kier alpha value is -4.00. The summed E-state index contributed by atoms with van der Waals surface area (Å²) in [7, 11) is 0. The Labute approximate surface area is 212 Å². The molecule has 1 heterocycles. The van der Waals surface area contributed by atoms with Crippen molar-refractivity contribution in [3.8, 4) is 11.5 Å². The molecule has 0 unspecified atom stereocenters. The molecule has 0 spiro atoms. The summed E-state index contributed by atoms with van der Waals surface area (Å²) in [5, 5.41) is 3.74. The van der Waals surface area contributed by atoms with Crippen LogP contribution in [0, 0.1) is 0 Å². The molecule has 0 aromatic heterocycles. The first-order chi connectivity index (χ1) is 17.1. The van der Waals surface area contributed by atoms with E-state index in [1.165, 1.54) is 16.7 Å². The van der Waals surface area contributed by atoms with Crippen LogP contribution in [0.5, 0.6) is 11.5 Å². The normalized spacial score (nSPS) is 13.3. The smallest absolute Gasteiger partial charge is 0.283 e. The third-order valence-corrected chi connectivity index (χ3v) is 6.53. The molecule has 5 nitrogen and oxygen atoms in total. The van der Waals surface area contributed by atoms with Gasteiger partial charge in [-0.1, -0.05) is 59.8 Å². The number of nitrogens with zero attached hydrogens (tertiary/aromatic N) is 1. The predicted octanol–water partition coefficient (Wildman–Crippen LogP) is 7.12. The molecule has 4 aromatic rings. The minimum Gasteiger partial charge on any atom is -0.457 e. The van der Waals surface area contributed by atoms with Gasteiger partial charge in [0.05, 0.1) is 5.69 Å². The largest absolute Gasteiger partial charge is 0.457 e. The van der Waals surface area contributed by atoms with E-state index in [0.717, 1.165) is 4.90 Å². The summed E-state index contributed by atoms with van der Waals surface area (Å²) in [6, 6.07) is 32.7.